The van der Waals surface area contributed by atoms with Gasteiger partial charge in [-0.3, -0.25) is 4.79 Å². The van der Waals surface area contributed by atoms with Crippen LogP contribution in [0.5, 0.6) is 0 Å². The lowest BCUT2D eigenvalue weighted by atomic mass is 10.0. The molecular formula is C14H16F3NO3. The Morgan fingerprint density at radius 2 is 1.86 bits per heavy atom. The number of hydrogen-bond acceptors (Lipinski definition) is 3. The Kier molecular flexibility index (Phi) is 5.34. The fourth-order valence-corrected chi connectivity index (χ4v) is 1.69. The lowest BCUT2D eigenvalue weighted by Gasteiger charge is -2.20. The molecular weight excluding hydrogens is 287 g/mol. The Bertz CT molecular complexity index is 526. The van der Waals surface area contributed by atoms with E-state index in [0.29, 0.717) is 0 Å². The molecule has 1 N–H and O–H groups in total. The Morgan fingerprint density at radius 1 is 1.24 bits per heavy atom. The molecule has 1 rings (SSSR count). The normalized spacial score (nSPS) is 12.9. The lowest BCUT2D eigenvalue weighted by Crippen LogP contribution is -2.45. The molecule has 1 atom stereocenters. The predicted molar refractivity (Wildman–Crippen MR) is 69.6 cm³/mol. The first-order chi connectivity index (χ1) is 9.66. The van der Waals surface area contributed by atoms with E-state index in [0.717, 1.165) is 18.2 Å². The van der Waals surface area contributed by atoms with Crippen molar-refractivity contribution in [2.24, 2.45) is 5.92 Å². The molecule has 1 aromatic carbocycles. The molecule has 0 unspecified atom stereocenters. The van der Waals surface area contributed by atoms with Crippen molar-refractivity contribution in [1.82, 2.24) is 5.32 Å². The Labute approximate surface area is 120 Å². The second-order valence-electron chi connectivity index (χ2n) is 4.80. The zero-order chi connectivity index (χ0) is 16.2. The second-order valence-corrected chi connectivity index (χ2v) is 4.80. The average Bonchev–Trinajstić information content (AvgIpc) is 2.42. The van der Waals surface area contributed by atoms with Gasteiger partial charge in [0.25, 0.3) is 5.91 Å². The van der Waals surface area contributed by atoms with Crippen LogP contribution >= 0.6 is 0 Å². The first-order valence-corrected chi connectivity index (χ1v) is 6.22. The first-order valence-electron chi connectivity index (χ1n) is 6.22. The van der Waals surface area contributed by atoms with Crippen LogP contribution in [0.25, 0.3) is 0 Å². The van der Waals surface area contributed by atoms with Crippen LogP contribution in [-0.2, 0) is 15.7 Å². The zero-order valence-electron chi connectivity index (χ0n) is 11.8. The zero-order valence-corrected chi connectivity index (χ0v) is 11.8. The molecule has 4 nitrogen and oxygen atoms in total. The van der Waals surface area contributed by atoms with Crippen molar-refractivity contribution < 1.29 is 27.5 Å². The number of esters is 1. The molecule has 0 radical (unpaired) electrons. The summed E-state index contributed by atoms with van der Waals surface area (Å²) in [5.41, 5.74) is -1.09. The molecule has 1 amide bonds. The molecule has 21 heavy (non-hydrogen) atoms. The third-order valence-electron chi connectivity index (χ3n) is 2.86. The highest BCUT2D eigenvalue weighted by atomic mass is 19.4. The van der Waals surface area contributed by atoms with Gasteiger partial charge in [-0.25, -0.2) is 4.79 Å². The number of benzene rings is 1. The summed E-state index contributed by atoms with van der Waals surface area (Å²) in [4.78, 5) is 23.5. The Hall–Kier alpha value is -2.05. The van der Waals surface area contributed by atoms with E-state index in [1.54, 1.807) is 13.8 Å². The summed E-state index contributed by atoms with van der Waals surface area (Å²) in [6, 6.07) is 3.08. The Morgan fingerprint density at radius 3 is 2.33 bits per heavy atom. The van der Waals surface area contributed by atoms with E-state index in [-0.39, 0.29) is 11.5 Å². The second kappa shape index (κ2) is 6.60. The molecule has 0 heterocycles. The summed E-state index contributed by atoms with van der Waals surface area (Å²) < 4.78 is 42.4. The van der Waals surface area contributed by atoms with Gasteiger partial charge in [0.05, 0.1) is 12.7 Å². The molecule has 0 fully saturated rings. The van der Waals surface area contributed by atoms with Crippen LogP contribution in [0.1, 0.15) is 29.8 Å². The number of nitrogens with one attached hydrogen (secondary N) is 1. The molecule has 116 valence electrons. The number of halogens is 3. The maximum Gasteiger partial charge on any atom is 0.416 e. The maximum atomic E-state index is 12.6. The van der Waals surface area contributed by atoms with E-state index >= 15 is 0 Å². The number of amides is 1. The molecule has 0 aromatic heterocycles. The van der Waals surface area contributed by atoms with Crippen LogP contribution < -0.4 is 5.32 Å². The highest BCUT2D eigenvalue weighted by Crippen LogP contribution is 2.29. The van der Waals surface area contributed by atoms with Crippen LogP contribution in [0.15, 0.2) is 24.3 Å². The molecule has 0 saturated heterocycles. The summed E-state index contributed by atoms with van der Waals surface area (Å²) in [7, 11) is 1.17. The minimum Gasteiger partial charge on any atom is -0.467 e. The standard InChI is InChI=1S/C14H16F3NO3/c1-8(2)11(13(20)21-3)18-12(19)9-5-4-6-10(7-9)14(15,16)17/h4-8,11H,1-3H3,(H,18,19)/t11-/m0/s1. The van der Waals surface area contributed by atoms with Crippen LogP contribution in [0.3, 0.4) is 0 Å². The van der Waals surface area contributed by atoms with E-state index in [2.05, 4.69) is 10.1 Å². The number of alkyl halides is 3. The van der Waals surface area contributed by atoms with Crippen molar-refractivity contribution in [2.45, 2.75) is 26.1 Å². The molecule has 0 saturated carbocycles. The van der Waals surface area contributed by atoms with Crippen LogP contribution in [0, 0.1) is 5.92 Å². The van der Waals surface area contributed by atoms with Crippen molar-refractivity contribution >= 4 is 11.9 Å². The van der Waals surface area contributed by atoms with Crippen molar-refractivity contribution in [2.75, 3.05) is 7.11 Å². The van der Waals surface area contributed by atoms with Crippen molar-refractivity contribution in [1.29, 1.82) is 0 Å². The van der Waals surface area contributed by atoms with E-state index in [1.807, 2.05) is 0 Å². The number of hydrogen-bond donors (Lipinski definition) is 1. The van der Waals surface area contributed by atoms with E-state index in [1.165, 1.54) is 13.2 Å². The Balaban J connectivity index is 2.96. The van der Waals surface area contributed by atoms with Crippen LogP contribution in [0.2, 0.25) is 0 Å². The van der Waals surface area contributed by atoms with Gasteiger partial charge in [-0.05, 0) is 24.1 Å². The molecule has 1 aromatic rings. The molecule has 7 heteroatoms. The number of carbonyl (C=O) groups is 2. The fraction of sp³-hybridized carbons (Fsp3) is 0.429. The molecule has 0 aliphatic heterocycles. The highest BCUT2D eigenvalue weighted by Gasteiger charge is 2.31. The van der Waals surface area contributed by atoms with Gasteiger partial charge in [0.15, 0.2) is 0 Å². The van der Waals surface area contributed by atoms with Crippen molar-refractivity contribution in [3.05, 3.63) is 35.4 Å². The summed E-state index contributed by atoms with van der Waals surface area (Å²) in [6.45, 7) is 3.38. The smallest absolute Gasteiger partial charge is 0.416 e. The van der Waals surface area contributed by atoms with Gasteiger partial charge in [0, 0.05) is 5.56 Å². The van der Waals surface area contributed by atoms with E-state index in [4.69, 9.17) is 0 Å². The lowest BCUT2D eigenvalue weighted by molar-refractivity contribution is -0.144. The van der Waals surface area contributed by atoms with Crippen LogP contribution in [-0.4, -0.2) is 25.0 Å². The van der Waals surface area contributed by atoms with Crippen molar-refractivity contribution in [3.63, 3.8) is 0 Å². The fourth-order valence-electron chi connectivity index (χ4n) is 1.69. The van der Waals surface area contributed by atoms with Gasteiger partial charge in [-0.15, -0.1) is 0 Å². The molecule has 0 spiro atoms. The topological polar surface area (TPSA) is 55.4 Å². The summed E-state index contributed by atoms with van der Waals surface area (Å²) in [6.07, 6.45) is -4.53. The van der Waals surface area contributed by atoms with Gasteiger partial charge >= 0.3 is 12.1 Å². The van der Waals surface area contributed by atoms with E-state index in [9.17, 15) is 22.8 Å². The average molecular weight is 303 g/mol. The SMILES string of the molecule is COC(=O)[C@@H](NC(=O)c1cccc(C(F)(F)F)c1)C(C)C. The monoisotopic (exact) mass is 303 g/mol. The summed E-state index contributed by atoms with van der Waals surface area (Å²) in [5, 5.41) is 2.38. The number of ether oxygens (including phenoxy) is 1. The number of carbonyl (C=O) groups excluding carboxylic acids is 2. The molecule has 0 aliphatic carbocycles. The summed E-state index contributed by atoms with van der Waals surface area (Å²) >= 11 is 0. The first kappa shape index (κ1) is 17.0. The molecule has 0 bridgehead atoms. The van der Waals surface area contributed by atoms with Gasteiger partial charge in [-0.1, -0.05) is 19.9 Å². The number of methoxy groups -OCH3 is 1. The summed E-state index contributed by atoms with van der Waals surface area (Å²) in [5.74, 6) is -1.66. The predicted octanol–water partition coefficient (Wildman–Crippen LogP) is 2.63. The molecule has 0 aliphatic rings. The maximum absolute atomic E-state index is 12.6. The van der Waals surface area contributed by atoms with Gasteiger partial charge in [-0.2, -0.15) is 13.2 Å². The highest BCUT2D eigenvalue weighted by molar-refractivity contribution is 5.97. The van der Waals surface area contributed by atoms with Gasteiger partial charge in [0.2, 0.25) is 0 Å². The van der Waals surface area contributed by atoms with Gasteiger partial charge in [0.1, 0.15) is 6.04 Å². The van der Waals surface area contributed by atoms with E-state index < -0.39 is 29.7 Å². The van der Waals surface area contributed by atoms with Crippen LogP contribution in [0.4, 0.5) is 13.2 Å². The minimum absolute atomic E-state index is 0.167. The van der Waals surface area contributed by atoms with Gasteiger partial charge < -0.3 is 10.1 Å². The third-order valence-corrected chi connectivity index (χ3v) is 2.86. The third kappa shape index (κ3) is 4.47. The number of rotatable bonds is 4. The minimum atomic E-state index is -4.53. The van der Waals surface area contributed by atoms with Crippen molar-refractivity contribution in [3.8, 4) is 0 Å². The largest absolute Gasteiger partial charge is 0.467 e. The quantitative estimate of drug-likeness (QED) is 0.870.